The molecule has 8 heteroatoms. The summed E-state index contributed by atoms with van der Waals surface area (Å²) in [6, 6.07) is 5.76. The Balaban J connectivity index is 1.98. The van der Waals surface area contributed by atoms with Crippen molar-refractivity contribution in [1.82, 2.24) is 5.32 Å². The van der Waals surface area contributed by atoms with E-state index < -0.39 is 16.8 Å². The van der Waals surface area contributed by atoms with Crippen LogP contribution in [0.2, 0.25) is 0 Å². The summed E-state index contributed by atoms with van der Waals surface area (Å²) in [5.74, 6) is -1.47. The lowest BCUT2D eigenvalue weighted by Gasteiger charge is -2.21. The molecule has 3 nitrogen and oxygen atoms in total. The van der Waals surface area contributed by atoms with Gasteiger partial charge in [0.2, 0.25) is 0 Å². The summed E-state index contributed by atoms with van der Waals surface area (Å²) in [6.45, 7) is 1.04. The maximum absolute atomic E-state index is 12.8. The van der Waals surface area contributed by atoms with E-state index in [1.165, 1.54) is 12.1 Å². The first-order chi connectivity index (χ1) is 9.72. The number of aliphatic imine (C=N–C) groups is 1. The fourth-order valence-electron chi connectivity index (χ4n) is 1.68. The highest BCUT2D eigenvalue weighted by molar-refractivity contribution is 8.16. The molecule has 2 rings (SSSR count). The second-order valence-electron chi connectivity index (χ2n) is 4.65. The van der Waals surface area contributed by atoms with Crippen LogP contribution in [0.3, 0.4) is 0 Å². The van der Waals surface area contributed by atoms with Crippen molar-refractivity contribution in [3.63, 3.8) is 0 Å². The number of nitrogens with one attached hydrogen (secondary N) is 1. The maximum atomic E-state index is 12.8. The molecule has 1 unspecified atom stereocenters. The molecule has 1 atom stereocenters. The highest BCUT2D eigenvalue weighted by Crippen LogP contribution is 2.44. The van der Waals surface area contributed by atoms with Crippen molar-refractivity contribution in [3.8, 4) is 0 Å². The fourth-order valence-corrected chi connectivity index (χ4v) is 2.62. The van der Waals surface area contributed by atoms with E-state index in [1.807, 2.05) is 0 Å². The lowest BCUT2D eigenvalue weighted by molar-refractivity contribution is -0.166. The predicted molar refractivity (Wildman–Crippen MR) is 72.6 cm³/mol. The minimum atomic E-state index is -4.64. The van der Waals surface area contributed by atoms with Crippen LogP contribution in [0.25, 0.3) is 0 Å². The zero-order valence-electron chi connectivity index (χ0n) is 11.0. The number of hydrogen-bond acceptors (Lipinski definition) is 3. The predicted octanol–water partition coefficient (Wildman–Crippen LogP) is 2.91. The fraction of sp³-hybridized carbons (Fsp3) is 0.385. The molecule has 114 valence electrons. The average Bonchev–Trinajstić information content (AvgIpc) is 2.68. The zero-order valence-corrected chi connectivity index (χ0v) is 11.8. The normalized spacial score (nSPS) is 24.4. The Bertz CT molecular complexity index is 571. The van der Waals surface area contributed by atoms with E-state index in [1.54, 1.807) is 12.1 Å². The molecule has 0 aliphatic carbocycles. The van der Waals surface area contributed by atoms with Crippen LogP contribution < -0.4 is 5.32 Å². The van der Waals surface area contributed by atoms with Crippen molar-refractivity contribution in [3.05, 3.63) is 35.6 Å². The summed E-state index contributed by atoms with van der Waals surface area (Å²) in [5, 5.41) is 2.10. The van der Waals surface area contributed by atoms with Gasteiger partial charge in [-0.1, -0.05) is 23.9 Å². The highest BCUT2D eigenvalue weighted by Gasteiger charge is 2.61. The van der Waals surface area contributed by atoms with Crippen LogP contribution >= 0.6 is 11.8 Å². The van der Waals surface area contributed by atoms with Gasteiger partial charge < -0.3 is 5.32 Å². The molecule has 1 fully saturated rings. The van der Waals surface area contributed by atoms with Gasteiger partial charge in [0.15, 0.2) is 9.91 Å². The van der Waals surface area contributed by atoms with Crippen molar-refractivity contribution in [2.45, 2.75) is 24.3 Å². The maximum Gasteiger partial charge on any atom is 0.412 e. The van der Waals surface area contributed by atoms with E-state index in [9.17, 15) is 22.4 Å². The van der Waals surface area contributed by atoms with Gasteiger partial charge in [0, 0.05) is 6.54 Å². The molecule has 1 amide bonds. The molecule has 0 aromatic heterocycles. The number of carbonyl (C=O) groups excluding carboxylic acids is 1. The van der Waals surface area contributed by atoms with Gasteiger partial charge in [0.05, 0.1) is 0 Å². The first kappa shape index (κ1) is 15.8. The Kier molecular flexibility index (Phi) is 4.27. The molecular weight excluding hydrogens is 308 g/mol. The molecule has 1 aromatic rings. The number of nitrogens with zero attached hydrogens (tertiary/aromatic N) is 1. The van der Waals surface area contributed by atoms with E-state index >= 15 is 0 Å². The third kappa shape index (κ3) is 3.37. The van der Waals surface area contributed by atoms with Crippen molar-refractivity contribution in [1.29, 1.82) is 0 Å². The molecule has 1 aliphatic rings. The standard InChI is InChI=1S/C13H12F4N2OS/c1-12(13(15,16)17)10(20)19-11(21-12)18-7-6-8-2-4-9(14)5-3-8/h2-5H,6-7H2,1H3,(H,18,19,20). The number of rotatable bonds is 3. The van der Waals surface area contributed by atoms with Crippen molar-refractivity contribution in [2.24, 2.45) is 4.99 Å². The summed E-state index contributed by atoms with van der Waals surface area (Å²) >= 11 is 0.370. The quantitative estimate of drug-likeness (QED) is 0.870. The number of thioether (sulfide) groups is 1. The van der Waals surface area contributed by atoms with Crippen molar-refractivity contribution in [2.75, 3.05) is 6.54 Å². The minimum Gasteiger partial charge on any atom is -0.304 e. The van der Waals surface area contributed by atoms with Crippen LogP contribution in [0.15, 0.2) is 29.3 Å². The molecule has 1 N–H and O–H groups in total. The monoisotopic (exact) mass is 320 g/mol. The van der Waals surface area contributed by atoms with E-state index in [4.69, 9.17) is 0 Å². The first-order valence-electron chi connectivity index (χ1n) is 6.08. The van der Waals surface area contributed by atoms with Gasteiger partial charge in [-0.3, -0.25) is 9.79 Å². The Morgan fingerprint density at radius 2 is 1.90 bits per heavy atom. The summed E-state index contributed by atoms with van der Waals surface area (Å²) in [7, 11) is 0. The summed E-state index contributed by atoms with van der Waals surface area (Å²) in [4.78, 5) is 15.4. The third-order valence-corrected chi connectivity index (χ3v) is 4.31. The Labute approximate surface area is 122 Å². The number of carbonyl (C=O) groups is 1. The lowest BCUT2D eigenvalue weighted by Crippen LogP contribution is -2.46. The Hall–Kier alpha value is -1.57. The van der Waals surface area contributed by atoms with Gasteiger partial charge in [-0.25, -0.2) is 4.39 Å². The molecule has 1 aromatic carbocycles. The van der Waals surface area contributed by atoms with Gasteiger partial charge in [-0.2, -0.15) is 13.2 Å². The van der Waals surface area contributed by atoms with Crippen LogP contribution in [0, 0.1) is 5.82 Å². The minimum absolute atomic E-state index is 0.0399. The van der Waals surface area contributed by atoms with Gasteiger partial charge in [-0.15, -0.1) is 0 Å². The lowest BCUT2D eigenvalue weighted by atomic mass is 10.1. The molecule has 0 radical (unpaired) electrons. The SMILES string of the molecule is CC1(C(F)(F)F)SC(=NCCc2ccc(F)cc2)NC1=O. The molecule has 0 saturated carbocycles. The van der Waals surface area contributed by atoms with Crippen LogP contribution in [-0.4, -0.2) is 28.5 Å². The van der Waals surface area contributed by atoms with Crippen molar-refractivity contribution < 1.29 is 22.4 Å². The second-order valence-corrected chi connectivity index (χ2v) is 6.06. The summed E-state index contributed by atoms with van der Waals surface area (Å²) in [5.41, 5.74) is 0.814. The van der Waals surface area contributed by atoms with Gasteiger partial charge >= 0.3 is 6.18 Å². The first-order valence-corrected chi connectivity index (χ1v) is 6.90. The van der Waals surface area contributed by atoms with E-state index in [-0.39, 0.29) is 17.5 Å². The van der Waals surface area contributed by atoms with Crippen LogP contribution in [0.1, 0.15) is 12.5 Å². The van der Waals surface area contributed by atoms with Crippen LogP contribution in [0.5, 0.6) is 0 Å². The third-order valence-electron chi connectivity index (χ3n) is 3.06. The molecule has 1 saturated heterocycles. The number of halogens is 4. The van der Waals surface area contributed by atoms with Crippen LogP contribution in [-0.2, 0) is 11.2 Å². The topological polar surface area (TPSA) is 41.5 Å². The van der Waals surface area contributed by atoms with Crippen molar-refractivity contribution >= 4 is 22.8 Å². The Morgan fingerprint density at radius 1 is 1.29 bits per heavy atom. The zero-order chi connectivity index (χ0) is 15.7. The van der Waals surface area contributed by atoms with Gasteiger partial charge in [-0.05, 0) is 31.0 Å². The van der Waals surface area contributed by atoms with E-state index in [0.717, 1.165) is 12.5 Å². The van der Waals surface area contributed by atoms with E-state index in [2.05, 4.69) is 10.3 Å². The molecule has 1 heterocycles. The highest BCUT2D eigenvalue weighted by atomic mass is 32.2. The molecular formula is C13H12F4N2OS. The average molecular weight is 320 g/mol. The van der Waals surface area contributed by atoms with Gasteiger partial charge in [0.1, 0.15) is 5.82 Å². The number of amidine groups is 1. The molecule has 1 aliphatic heterocycles. The Morgan fingerprint density at radius 3 is 2.43 bits per heavy atom. The van der Waals surface area contributed by atoms with Crippen LogP contribution in [0.4, 0.5) is 17.6 Å². The molecule has 21 heavy (non-hydrogen) atoms. The summed E-state index contributed by atoms with van der Waals surface area (Å²) < 4.78 is 48.7. The van der Waals surface area contributed by atoms with E-state index in [0.29, 0.717) is 18.2 Å². The smallest absolute Gasteiger partial charge is 0.304 e. The number of alkyl halides is 3. The molecule has 0 bridgehead atoms. The number of hydrogen-bond donors (Lipinski definition) is 1. The summed E-state index contributed by atoms with van der Waals surface area (Å²) in [6.07, 6.45) is -4.20. The molecule has 0 spiro atoms. The number of benzene rings is 1. The number of amides is 1. The second kappa shape index (κ2) is 5.67. The largest absolute Gasteiger partial charge is 0.412 e. The van der Waals surface area contributed by atoms with Gasteiger partial charge in [0.25, 0.3) is 5.91 Å².